The van der Waals surface area contributed by atoms with E-state index in [0.717, 1.165) is 35.4 Å². The van der Waals surface area contributed by atoms with E-state index in [9.17, 15) is 23.1 Å². The first-order chi connectivity index (χ1) is 14.7. The van der Waals surface area contributed by atoms with Gasteiger partial charge in [-0.3, -0.25) is 5.32 Å². The third kappa shape index (κ3) is 4.86. The molecule has 3 aromatic rings. The van der Waals surface area contributed by atoms with Crippen LogP contribution in [0.4, 0.5) is 29.5 Å². The predicted octanol–water partition coefficient (Wildman–Crippen LogP) is 6.07. The number of benzene rings is 1. The second-order valence-corrected chi connectivity index (χ2v) is 8.35. The van der Waals surface area contributed by atoms with Crippen LogP contribution < -0.4 is 10.6 Å². The summed E-state index contributed by atoms with van der Waals surface area (Å²) in [6.07, 6.45) is 1.74. The van der Waals surface area contributed by atoms with E-state index in [0.29, 0.717) is 17.8 Å². The molecule has 161 valence electrons. The van der Waals surface area contributed by atoms with Gasteiger partial charge in [-0.1, -0.05) is 6.07 Å². The van der Waals surface area contributed by atoms with Crippen LogP contribution in [-0.4, -0.2) is 16.0 Å². The lowest BCUT2D eigenvalue weighted by Crippen LogP contribution is -2.20. The maximum Gasteiger partial charge on any atom is 0.416 e. The summed E-state index contributed by atoms with van der Waals surface area (Å²) in [5.41, 5.74) is -1.18. The van der Waals surface area contributed by atoms with Crippen LogP contribution in [0.1, 0.15) is 36.3 Å². The standard InChI is InChI=1S/C21H18F3N4O2S/c22-21(23,24)14-4-3-5-15(10-14)27-19(29)28-17-7-6-13(11-25-17)16-12-26-18(31-16)20(30)8-1-2-9-20/h3-7,10-12H,1-2,8-9H2,(H2,25,27,28,29). The van der Waals surface area contributed by atoms with Crippen molar-refractivity contribution in [3.63, 3.8) is 0 Å². The van der Waals surface area contributed by atoms with Gasteiger partial charge in [0.05, 0.1) is 10.4 Å². The second kappa shape index (κ2) is 8.27. The monoisotopic (exact) mass is 447 g/mol. The van der Waals surface area contributed by atoms with Gasteiger partial charge in [-0.05, 0) is 56.0 Å². The van der Waals surface area contributed by atoms with E-state index in [1.807, 2.05) is 0 Å². The summed E-state index contributed by atoms with van der Waals surface area (Å²) in [6, 6.07) is 6.94. The minimum absolute atomic E-state index is 0.0135. The van der Waals surface area contributed by atoms with Gasteiger partial charge in [-0.15, -0.1) is 11.3 Å². The number of rotatable bonds is 4. The highest BCUT2D eigenvalue weighted by molar-refractivity contribution is 7.15. The van der Waals surface area contributed by atoms with Crippen molar-refractivity contribution in [2.24, 2.45) is 0 Å². The minimum atomic E-state index is -4.49. The van der Waals surface area contributed by atoms with Gasteiger partial charge in [0.15, 0.2) is 5.60 Å². The lowest BCUT2D eigenvalue weighted by molar-refractivity contribution is -0.137. The van der Waals surface area contributed by atoms with Crippen molar-refractivity contribution in [1.82, 2.24) is 9.97 Å². The lowest BCUT2D eigenvalue weighted by atomic mass is 10.0. The molecule has 2 aromatic heterocycles. The van der Waals surface area contributed by atoms with Crippen LogP contribution >= 0.6 is 11.3 Å². The van der Waals surface area contributed by atoms with E-state index in [4.69, 9.17) is 0 Å². The first kappa shape index (κ1) is 21.3. The summed E-state index contributed by atoms with van der Waals surface area (Å²) < 4.78 is 38.3. The van der Waals surface area contributed by atoms with Crippen LogP contribution in [0.2, 0.25) is 0 Å². The fraction of sp³-hybridized carbons (Fsp3) is 0.286. The van der Waals surface area contributed by atoms with Crippen LogP contribution in [0, 0.1) is 0 Å². The Kier molecular flexibility index (Phi) is 5.67. The Hall–Kier alpha value is -2.98. The molecule has 2 amide bonds. The van der Waals surface area contributed by atoms with Crippen LogP contribution in [-0.2, 0) is 16.9 Å². The van der Waals surface area contributed by atoms with Gasteiger partial charge in [-0.25, -0.2) is 19.9 Å². The summed E-state index contributed by atoms with van der Waals surface area (Å²) in [5.74, 6) is 0.231. The highest BCUT2D eigenvalue weighted by Gasteiger charge is 2.38. The Morgan fingerprint density at radius 2 is 1.81 bits per heavy atom. The quantitative estimate of drug-likeness (QED) is 0.509. The summed E-state index contributed by atoms with van der Waals surface area (Å²) in [5, 5.41) is 18.2. The number of amides is 2. The molecular weight excluding hydrogens is 429 g/mol. The number of hydrogen-bond acceptors (Lipinski definition) is 4. The number of carbonyl (C=O) groups excluding carboxylic acids is 1. The molecule has 1 fully saturated rings. The Morgan fingerprint density at radius 3 is 2.48 bits per heavy atom. The number of anilines is 2. The number of hydrogen-bond donors (Lipinski definition) is 2. The average Bonchev–Trinajstić information content (AvgIpc) is 3.38. The number of alkyl halides is 3. The smallest absolute Gasteiger partial charge is 0.308 e. The molecular formula is C21H18F3N4O2S. The molecule has 2 N–H and O–H groups in total. The zero-order valence-electron chi connectivity index (χ0n) is 16.2. The Bertz CT molecular complexity index is 1080. The van der Waals surface area contributed by atoms with Crippen molar-refractivity contribution >= 4 is 28.9 Å². The fourth-order valence-corrected chi connectivity index (χ4v) is 4.49. The van der Waals surface area contributed by atoms with Gasteiger partial charge in [0.1, 0.15) is 10.8 Å². The molecule has 0 aliphatic heterocycles. The number of halogens is 3. The number of pyridine rings is 1. The maximum absolute atomic E-state index is 12.8. The number of thiazole rings is 1. The molecule has 1 radical (unpaired) electrons. The number of urea groups is 1. The molecule has 1 aliphatic rings. The molecule has 0 atom stereocenters. The van der Waals surface area contributed by atoms with E-state index in [2.05, 4.69) is 20.6 Å². The summed E-state index contributed by atoms with van der Waals surface area (Å²) in [4.78, 5) is 21.4. The topological polar surface area (TPSA) is 86.8 Å². The molecule has 0 unspecified atom stereocenters. The van der Waals surface area contributed by atoms with Crippen LogP contribution in [0.3, 0.4) is 0 Å². The average molecular weight is 447 g/mol. The summed E-state index contributed by atoms with van der Waals surface area (Å²) >= 11 is 1.35. The summed E-state index contributed by atoms with van der Waals surface area (Å²) in [6.45, 7) is 0. The number of carbonyl (C=O) groups is 1. The van der Waals surface area contributed by atoms with E-state index >= 15 is 0 Å². The van der Waals surface area contributed by atoms with Gasteiger partial charge in [0, 0.05) is 23.6 Å². The molecule has 1 aromatic carbocycles. The van der Waals surface area contributed by atoms with E-state index < -0.39 is 23.4 Å². The molecule has 31 heavy (non-hydrogen) atoms. The van der Waals surface area contributed by atoms with E-state index in [1.54, 1.807) is 24.5 Å². The minimum Gasteiger partial charge on any atom is -0.308 e. The number of nitrogens with zero attached hydrogens (tertiary/aromatic N) is 2. The Labute approximate surface area is 180 Å². The highest BCUT2D eigenvalue weighted by Crippen LogP contribution is 2.42. The zero-order chi connectivity index (χ0) is 22.1. The molecule has 2 heterocycles. The van der Waals surface area contributed by atoms with Gasteiger partial charge >= 0.3 is 12.2 Å². The van der Waals surface area contributed by atoms with Crippen molar-refractivity contribution < 1.29 is 23.1 Å². The molecule has 10 heteroatoms. The van der Waals surface area contributed by atoms with Crippen molar-refractivity contribution in [2.75, 3.05) is 10.6 Å². The largest absolute Gasteiger partial charge is 0.416 e. The third-order valence-corrected chi connectivity index (χ3v) is 6.28. The molecule has 0 saturated heterocycles. The van der Waals surface area contributed by atoms with Gasteiger partial charge in [0.2, 0.25) is 0 Å². The normalized spacial score (nSPS) is 15.6. The molecule has 0 spiro atoms. The first-order valence-electron chi connectivity index (χ1n) is 9.61. The fourth-order valence-electron chi connectivity index (χ4n) is 3.44. The predicted molar refractivity (Wildman–Crippen MR) is 110 cm³/mol. The second-order valence-electron chi connectivity index (χ2n) is 7.32. The van der Waals surface area contributed by atoms with Crippen LogP contribution in [0.25, 0.3) is 10.4 Å². The van der Waals surface area contributed by atoms with Crippen molar-refractivity contribution in [2.45, 2.75) is 37.5 Å². The van der Waals surface area contributed by atoms with Gasteiger partial charge in [0.25, 0.3) is 0 Å². The van der Waals surface area contributed by atoms with Crippen molar-refractivity contribution in [3.05, 3.63) is 59.4 Å². The van der Waals surface area contributed by atoms with Crippen LogP contribution in [0.5, 0.6) is 0 Å². The maximum atomic E-state index is 12.8. The van der Waals surface area contributed by atoms with Crippen LogP contribution in [0.15, 0.2) is 48.8 Å². The molecule has 1 aliphatic carbocycles. The van der Waals surface area contributed by atoms with E-state index in [-0.39, 0.29) is 11.5 Å². The molecule has 6 nitrogen and oxygen atoms in total. The van der Waals surface area contributed by atoms with Gasteiger partial charge in [-0.2, -0.15) is 13.2 Å². The SMILES string of the molecule is [O]C1(c2ncc(-c3ccc(NC(=O)Nc4cccc(C(F)(F)F)c4)nc3)s2)CCCC1. The van der Waals surface area contributed by atoms with E-state index in [1.165, 1.54) is 23.5 Å². The molecule has 4 rings (SSSR count). The number of nitrogens with one attached hydrogen (secondary N) is 2. The zero-order valence-corrected chi connectivity index (χ0v) is 17.0. The third-order valence-electron chi connectivity index (χ3n) is 5.04. The molecule has 1 saturated carbocycles. The Morgan fingerprint density at radius 1 is 1.03 bits per heavy atom. The van der Waals surface area contributed by atoms with Gasteiger partial charge < -0.3 is 5.32 Å². The highest BCUT2D eigenvalue weighted by atomic mass is 32.1. The van der Waals surface area contributed by atoms with Crippen molar-refractivity contribution in [3.8, 4) is 10.4 Å². The lowest BCUT2D eigenvalue weighted by Gasteiger charge is -2.14. The van der Waals surface area contributed by atoms with Crippen molar-refractivity contribution in [1.29, 1.82) is 0 Å². The Balaban J connectivity index is 1.40. The first-order valence-corrected chi connectivity index (χ1v) is 10.4. The number of aromatic nitrogens is 2. The molecule has 0 bridgehead atoms. The summed E-state index contributed by atoms with van der Waals surface area (Å²) in [7, 11) is 0.